The summed E-state index contributed by atoms with van der Waals surface area (Å²) in [6, 6.07) is 9.59. The van der Waals surface area contributed by atoms with Crippen molar-refractivity contribution in [3.05, 3.63) is 55.2 Å². The van der Waals surface area contributed by atoms with Crippen LogP contribution in [0.15, 0.2) is 28.1 Å². The van der Waals surface area contributed by atoms with Crippen LogP contribution in [0, 0.1) is 6.92 Å². The van der Waals surface area contributed by atoms with Gasteiger partial charge in [0.05, 0.1) is 9.83 Å². The number of hydrogen-bond donors (Lipinski definition) is 1. The minimum atomic E-state index is 0.306. The first-order valence-electron chi connectivity index (χ1n) is 6.74. The van der Waals surface area contributed by atoms with Crippen LogP contribution < -0.4 is 5.32 Å². The molecule has 0 aliphatic heterocycles. The Hall–Kier alpha value is -0.640. The second-order valence-corrected chi connectivity index (χ2v) is 7.61. The third kappa shape index (κ3) is 2.51. The summed E-state index contributed by atoms with van der Waals surface area (Å²) < 4.78 is 1.24. The van der Waals surface area contributed by atoms with Crippen molar-refractivity contribution in [2.24, 2.45) is 0 Å². The van der Waals surface area contributed by atoms with Gasteiger partial charge in [0, 0.05) is 4.88 Å². The average molecular weight is 336 g/mol. The van der Waals surface area contributed by atoms with E-state index in [1.807, 2.05) is 18.4 Å². The van der Waals surface area contributed by atoms with E-state index in [0.29, 0.717) is 6.04 Å². The molecule has 1 aromatic heterocycles. The van der Waals surface area contributed by atoms with E-state index in [2.05, 4.69) is 52.4 Å². The predicted octanol–water partition coefficient (Wildman–Crippen LogP) is 4.62. The second kappa shape index (κ2) is 5.39. The Kier molecular flexibility index (Phi) is 3.79. The number of rotatable bonds is 3. The topological polar surface area (TPSA) is 12.0 Å². The molecule has 100 valence electrons. The van der Waals surface area contributed by atoms with Gasteiger partial charge in [0.15, 0.2) is 0 Å². The highest BCUT2D eigenvalue weighted by Crippen LogP contribution is 2.35. The molecule has 3 rings (SSSR count). The Balaban J connectivity index is 1.98. The molecule has 0 amide bonds. The Morgan fingerprint density at radius 3 is 2.68 bits per heavy atom. The summed E-state index contributed by atoms with van der Waals surface area (Å²) in [7, 11) is 2.04. The van der Waals surface area contributed by atoms with Crippen LogP contribution in [0.4, 0.5) is 0 Å². The van der Waals surface area contributed by atoms with Crippen molar-refractivity contribution in [3.8, 4) is 0 Å². The van der Waals surface area contributed by atoms with Gasteiger partial charge in [0.25, 0.3) is 0 Å². The molecule has 1 nitrogen and oxygen atoms in total. The van der Waals surface area contributed by atoms with Crippen LogP contribution in [0.2, 0.25) is 0 Å². The lowest BCUT2D eigenvalue weighted by Crippen LogP contribution is -2.16. The SMILES string of the molecule is CNC(c1ccc2c(c1)CCC2)c1cc(C)c(Br)s1. The van der Waals surface area contributed by atoms with Crippen LogP contribution in [0.5, 0.6) is 0 Å². The fourth-order valence-electron chi connectivity index (χ4n) is 2.87. The zero-order chi connectivity index (χ0) is 13.4. The third-order valence-electron chi connectivity index (χ3n) is 3.91. The molecule has 1 unspecified atom stereocenters. The second-order valence-electron chi connectivity index (χ2n) is 5.21. The van der Waals surface area contributed by atoms with Gasteiger partial charge in [0.2, 0.25) is 0 Å². The fraction of sp³-hybridized carbons (Fsp3) is 0.375. The highest BCUT2D eigenvalue weighted by atomic mass is 79.9. The van der Waals surface area contributed by atoms with Gasteiger partial charge in [-0.15, -0.1) is 11.3 Å². The monoisotopic (exact) mass is 335 g/mol. The molecule has 1 aliphatic carbocycles. The fourth-order valence-corrected chi connectivity index (χ4v) is 4.58. The van der Waals surface area contributed by atoms with Crippen LogP contribution in [0.3, 0.4) is 0 Å². The molecule has 0 saturated heterocycles. The van der Waals surface area contributed by atoms with Gasteiger partial charge in [-0.05, 0) is 77.5 Å². The van der Waals surface area contributed by atoms with Gasteiger partial charge in [0.1, 0.15) is 0 Å². The molecule has 1 heterocycles. The van der Waals surface area contributed by atoms with Gasteiger partial charge >= 0.3 is 0 Å². The zero-order valence-electron chi connectivity index (χ0n) is 11.3. The summed E-state index contributed by atoms with van der Waals surface area (Å²) in [5.41, 5.74) is 5.80. The quantitative estimate of drug-likeness (QED) is 0.863. The molecule has 19 heavy (non-hydrogen) atoms. The molecule has 1 aliphatic rings. The highest BCUT2D eigenvalue weighted by Gasteiger charge is 2.18. The molecule has 2 aromatic rings. The summed E-state index contributed by atoms with van der Waals surface area (Å²) in [6.07, 6.45) is 3.81. The van der Waals surface area contributed by atoms with E-state index in [0.717, 1.165) is 0 Å². The third-order valence-corrected chi connectivity index (χ3v) is 6.11. The van der Waals surface area contributed by atoms with Crippen LogP contribution in [0.1, 0.15) is 39.6 Å². The molecule has 1 N–H and O–H groups in total. The number of thiophene rings is 1. The largest absolute Gasteiger partial charge is 0.309 e. The number of halogens is 1. The van der Waals surface area contributed by atoms with Gasteiger partial charge in [-0.3, -0.25) is 0 Å². The number of benzene rings is 1. The smallest absolute Gasteiger partial charge is 0.0731 e. The zero-order valence-corrected chi connectivity index (χ0v) is 13.7. The minimum Gasteiger partial charge on any atom is -0.309 e. The van der Waals surface area contributed by atoms with E-state index in [1.54, 1.807) is 11.1 Å². The predicted molar refractivity (Wildman–Crippen MR) is 86.1 cm³/mol. The van der Waals surface area contributed by atoms with E-state index in [-0.39, 0.29) is 0 Å². The van der Waals surface area contributed by atoms with Crippen LogP contribution in [0.25, 0.3) is 0 Å². The maximum absolute atomic E-state index is 3.63. The molecule has 0 spiro atoms. The summed E-state index contributed by atoms with van der Waals surface area (Å²) in [6.45, 7) is 2.15. The molecule has 0 fully saturated rings. The normalized spacial score (nSPS) is 15.5. The van der Waals surface area contributed by atoms with Crippen molar-refractivity contribution in [2.45, 2.75) is 32.2 Å². The van der Waals surface area contributed by atoms with Gasteiger partial charge in [-0.1, -0.05) is 18.2 Å². The molecule has 0 bridgehead atoms. The van der Waals surface area contributed by atoms with Crippen molar-refractivity contribution in [1.82, 2.24) is 5.32 Å². The maximum Gasteiger partial charge on any atom is 0.0731 e. The summed E-state index contributed by atoms with van der Waals surface area (Å²) >= 11 is 5.46. The lowest BCUT2D eigenvalue weighted by atomic mass is 10.00. The molecule has 0 radical (unpaired) electrons. The standard InChI is InChI=1S/C16H18BrNS/c1-10-8-14(19-16(10)17)15(18-2)13-7-6-11-4-3-5-12(11)9-13/h6-9,15,18H,3-5H2,1-2H3. The van der Waals surface area contributed by atoms with E-state index in [9.17, 15) is 0 Å². The van der Waals surface area contributed by atoms with E-state index >= 15 is 0 Å². The first kappa shape index (κ1) is 13.3. The molecule has 0 saturated carbocycles. The molecule has 3 heteroatoms. The average Bonchev–Trinajstić information content (AvgIpc) is 2.98. The summed E-state index contributed by atoms with van der Waals surface area (Å²) in [4.78, 5) is 1.38. The van der Waals surface area contributed by atoms with Gasteiger partial charge in [-0.25, -0.2) is 0 Å². The number of hydrogen-bond acceptors (Lipinski definition) is 2. The Bertz CT molecular complexity index is 583. The highest BCUT2D eigenvalue weighted by molar-refractivity contribution is 9.11. The van der Waals surface area contributed by atoms with Crippen LogP contribution in [-0.2, 0) is 12.8 Å². The number of aryl methyl sites for hydroxylation is 3. The number of fused-ring (bicyclic) bond motifs is 1. The summed E-state index contributed by atoms with van der Waals surface area (Å²) in [5.74, 6) is 0. The Morgan fingerprint density at radius 1 is 1.21 bits per heavy atom. The summed E-state index contributed by atoms with van der Waals surface area (Å²) in [5, 5.41) is 3.46. The lowest BCUT2D eigenvalue weighted by Gasteiger charge is -2.16. The molecule has 1 aromatic carbocycles. The van der Waals surface area contributed by atoms with Gasteiger partial charge < -0.3 is 5.32 Å². The Labute approximate surface area is 127 Å². The van der Waals surface area contributed by atoms with Crippen molar-refractivity contribution >= 4 is 27.3 Å². The van der Waals surface area contributed by atoms with Crippen molar-refractivity contribution < 1.29 is 0 Å². The van der Waals surface area contributed by atoms with E-state index in [4.69, 9.17) is 0 Å². The Morgan fingerprint density at radius 2 is 2.00 bits per heavy atom. The van der Waals surface area contributed by atoms with Crippen molar-refractivity contribution in [3.63, 3.8) is 0 Å². The van der Waals surface area contributed by atoms with Crippen molar-refractivity contribution in [1.29, 1.82) is 0 Å². The van der Waals surface area contributed by atoms with Gasteiger partial charge in [-0.2, -0.15) is 0 Å². The van der Waals surface area contributed by atoms with Crippen LogP contribution >= 0.6 is 27.3 Å². The first-order chi connectivity index (χ1) is 9.19. The molecular weight excluding hydrogens is 318 g/mol. The lowest BCUT2D eigenvalue weighted by molar-refractivity contribution is 0.702. The first-order valence-corrected chi connectivity index (χ1v) is 8.35. The minimum absolute atomic E-state index is 0.306. The van der Waals surface area contributed by atoms with Crippen molar-refractivity contribution in [2.75, 3.05) is 7.05 Å². The maximum atomic E-state index is 3.63. The van der Waals surface area contributed by atoms with Crippen LogP contribution in [-0.4, -0.2) is 7.05 Å². The molecule has 1 atom stereocenters. The van der Waals surface area contributed by atoms with E-state index < -0.39 is 0 Å². The number of nitrogens with one attached hydrogen (secondary N) is 1. The molecular formula is C16H18BrNS. The van der Waals surface area contributed by atoms with E-state index in [1.165, 1.54) is 39.1 Å².